The Labute approximate surface area is 112 Å². The molecule has 0 unspecified atom stereocenters. The summed E-state index contributed by atoms with van der Waals surface area (Å²) in [6.07, 6.45) is 5.93. The highest BCUT2D eigenvalue weighted by atomic mass is 32.1. The van der Waals surface area contributed by atoms with E-state index in [4.69, 9.17) is 4.74 Å². The van der Waals surface area contributed by atoms with Crippen molar-refractivity contribution in [3.05, 3.63) is 64.4 Å². The lowest BCUT2D eigenvalue weighted by Gasteiger charge is -2.10. The van der Waals surface area contributed by atoms with Crippen molar-refractivity contribution in [1.82, 2.24) is 0 Å². The van der Waals surface area contributed by atoms with Gasteiger partial charge in [0.2, 0.25) is 0 Å². The number of ether oxygens (including phenoxy) is 1. The third-order valence-electron chi connectivity index (χ3n) is 2.60. The van der Waals surface area contributed by atoms with Gasteiger partial charge in [-0.05, 0) is 30.0 Å². The number of rotatable bonds is 5. The summed E-state index contributed by atoms with van der Waals surface area (Å²) in [5.41, 5.74) is 2.18. The second kappa shape index (κ2) is 6.22. The first-order valence-electron chi connectivity index (χ1n) is 5.88. The van der Waals surface area contributed by atoms with Gasteiger partial charge in [-0.2, -0.15) is 0 Å². The minimum absolute atomic E-state index is 0.609. The van der Waals surface area contributed by atoms with Crippen LogP contribution in [-0.4, -0.2) is 0 Å². The van der Waals surface area contributed by atoms with E-state index in [-0.39, 0.29) is 0 Å². The smallest absolute Gasteiger partial charge is 0.127 e. The van der Waals surface area contributed by atoms with Gasteiger partial charge in [-0.25, -0.2) is 0 Å². The molecule has 0 bridgehead atoms. The van der Waals surface area contributed by atoms with Gasteiger partial charge in [0, 0.05) is 10.4 Å². The Kier molecular flexibility index (Phi) is 4.37. The van der Waals surface area contributed by atoms with E-state index in [1.54, 1.807) is 11.3 Å². The van der Waals surface area contributed by atoms with Crippen LogP contribution in [0.4, 0.5) is 0 Å². The van der Waals surface area contributed by atoms with E-state index in [0.29, 0.717) is 6.61 Å². The highest BCUT2D eigenvalue weighted by Crippen LogP contribution is 2.26. The standard InChI is InChI=1S/C16H16OS/c1-3-7-13-8-5-10-16(15(13)4-2)17-12-14-9-6-11-18-14/h3-11H,2,12H2,1H3/b7-3-. The van der Waals surface area contributed by atoms with Crippen LogP contribution in [0.15, 0.2) is 48.4 Å². The van der Waals surface area contributed by atoms with Crippen LogP contribution < -0.4 is 4.74 Å². The average Bonchev–Trinajstić information content (AvgIpc) is 2.90. The summed E-state index contributed by atoms with van der Waals surface area (Å²) in [5.74, 6) is 0.883. The van der Waals surface area contributed by atoms with Crippen LogP contribution >= 0.6 is 11.3 Å². The lowest BCUT2D eigenvalue weighted by Crippen LogP contribution is -1.96. The van der Waals surface area contributed by atoms with E-state index in [2.05, 4.69) is 30.2 Å². The van der Waals surface area contributed by atoms with Gasteiger partial charge in [0.25, 0.3) is 0 Å². The molecule has 0 aliphatic heterocycles. The van der Waals surface area contributed by atoms with Gasteiger partial charge in [-0.15, -0.1) is 11.3 Å². The molecule has 0 fully saturated rings. The lowest BCUT2D eigenvalue weighted by molar-refractivity contribution is 0.309. The SMILES string of the molecule is C=Cc1c(/C=C\C)cccc1OCc1cccs1. The maximum absolute atomic E-state index is 5.86. The lowest BCUT2D eigenvalue weighted by atomic mass is 10.1. The maximum Gasteiger partial charge on any atom is 0.127 e. The van der Waals surface area contributed by atoms with E-state index in [0.717, 1.165) is 16.9 Å². The third kappa shape index (κ3) is 2.90. The molecule has 1 aromatic heterocycles. The van der Waals surface area contributed by atoms with Crippen molar-refractivity contribution in [3.63, 3.8) is 0 Å². The number of hydrogen-bond donors (Lipinski definition) is 0. The molecule has 18 heavy (non-hydrogen) atoms. The van der Waals surface area contributed by atoms with Gasteiger partial charge < -0.3 is 4.74 Å². The summed E-state index contributed by atoms with van der Waals surface area (Å²) in [6.45, 7) is 6.48. The highest BCUT2D eigenvalue weighted by Gasteiger charge is 2.05. The van der Waals surface area contributed by atoms with E-state index >= 15 is 0 Å². The molecular formula is C16H16OS. The van der Waals surface area contributed by atoms with E-state index < -0.39 is 0 Å². The number of allylic oxidation sites excluding steroid dienone is 1. The van der Waals surface area contributed by atoms with Crippen LogP contribution in [0, 0.1) is 0 Å². The Morgan fingerprint density at radius 1 is 1.28 bits per heavy atom. The van der Waals surface area contributed by atoms with Crippen LogP contribution in [0.5, 0.6) is 5.75 Å². The zero-order valence-corrected chi connectivity index (χ0v) is 11.2. The Hall–Kier alpha value is -1.80. The summed E-state index contributed by atoms with van der Waals surface area (Å²) in [5, 5.41) is 2.06. The van der Waals surface area contributed by atoms with Crippen molar-refractivity contribution in [3.8, 4) is 5.75 Å². The van der Waals surface area contributed by atoms with Crippen molar-refractivity contribution in [2.75, 3.05) is 0 Å². The zero-order chi connectivity index (χ0) is 12.8. The predicted molar refractivity (Wildman–Crippen MR) is 79.9 cm³/mol. The molecule has 2 rings (SSSR count). The first-order valence-corrected chi connectivity index (χ1v) is 6.76. The quantitative estimate of drug-likeness (QED) is 0.731. The van der Waals surface area contributed by atoms with Crippen molar-refractivity contribution < 1.29 is 4.74 Å². The number of benzene rings is 1. The van der Waals surface area contributed by atoms with Crippen LogP contribution in [0.3, 0.4) is 0 Å². The molecule has 0 saturated heterocycles. The topological polar surface area (TPSA) is 9.23 Å². The van der Waals surface area contributed by atoms with Gasteiger partial charge in [0.05, 0.1) is 0 Å². The second-order valence-corrected chi connectivity index (χ2v) is 4.86. The van der Waals surface area contributed by atoms with E-state index in [1.165, 1.54) is 4.88 Å². The first kappa shape index (κ1) is 12.7. The molecule has 0 spiro atoms. The summed E-state index contributed by atoms with van der Waals surface area (Å²) >= 11 is 1.71. The summed E-state index contributed by atoms with van der Waals surface area (Å²) in [4.78, 5) is 1.22. The van der Waals surface area contributed by atoms with Gasteiger partial charge in [0.1, 0.15) is 12.4 Å². The molecule has 0 aliphatic carbocycles. The first-order chi connectivity index (χ1) is 8.85. The summed E-state index contributed by atoms with van der Waals surface area (Å²) in [6, 6.07) is 10.2. The largest absolute Gasteiger partial charge is 0.487 e. The van der Waals surface area contributed by atoms with E-state index in [9.17, 15) is 0 Å². The molecule has 1 heterocycles. The third-order valence-corrected chi connectivity index (χ3v) is 3.45. The molecule has 1 nitrogen and oxygen atoms in total. The van der Waals surface area contributed by atoms with Crippen LogP contribution in [0.1, 0.15) is 22.9 Å². The van der Waals surface area contributed by atoms with Crippen molar-refractivity contribution >= 4 is 23.5 Å². The molecule has 92 valence electrons. The highest BCUT2D eigenvalue weighted by molar-refractivity contribution is 7.09. The summed E-state index contributed by atoms with van der Waals surface area (Å²) in [7, 11) is 0. The molecule has 0 amide bonds. The zero-order valence-electron chi connectivity index (χ0n) is 10.4. The summed E-state index contributed by atoms with van der Waals surface area (Å²) < 4.78 is 5.86. The number of thiophene rings is 1. The maximum atomic E-state index is 5.86. The van der Waals surface area contributed by atoms with Gasteiger partial charge in [-0.3, -0.25) is 0 Å². The molecule has 0 N–H and O–H groups in total. The second-order valence-electron chi connectivity index (χ2n) is 3.83. The Morgan fingerprint density at radius 2 is 2.17 bits per heavy atom. The number of hydrogen-bond acceptors (Lipinski definition) is 2. The van der Waals surface area contributed by atoms with Gasteiger partial charge >= 0.3 is 0 Å². The molecule has 0 atom stereocenters. The van der Waals surface area contributed by atoms with Crippen molar-refractivity contribution in [2.24, 2.45) is 0 Å². The van der Waals surface area contributed by atoms with Crippen LogP contribution in [0.25, 0.3) is 12.2 Å². The predicted octanol–water partition coefficient (Wildman–Crippen LogP) is 5.00. The van der Waals surface area contributed by atoms with Crippen LogP contribution in [0.2, 0.25) is 0 Å². The Balaban J connectivity index is 2.21. The monoisotopic (exact) mass is 256 g/mol. The fourth-order valence-electron chi connectivity index (χ4n) is 1.77. The Bertz CT molecular complexity index is 538. The van der Waals surface area contributed by atoms with Gasteiger partial charge in [-0.1, -0.05) is 43.0 Å². The molecular weight excluding hydrogens is 240 g/mol. The van der Waals surface area contributed by atoms with Crippen molar-refractivity contribution in [1.29, 1.82) is 0 Å². The van der Waals surface area contributed by atoms with Gasteiger partial charge in [0.15, 0.2) is 0 Å². The average molecular weight is 256 g/mol. The molecule has 1 aromatic carbocycles. The fourth-order valence-corrected chi connectivity index (χ4v) is 2.39. The molecule has 2 heteroatoms. The van der Waals surface area contributed by atoms with Crippen molar-refractivity contribution in [2.45, 2.75) is 13.5 Å². The normalized spacial score (nSPS) is 10.7. The van der Waals surface area contributed by atoms with E-state index in [1.807, 2.05) is 37.3 Å². The van der Waals surface area contributed by atoms with Crippen LogP contribution in [-0.2, 0) is 6.61 Å². The fraction of sp³-hybridized carbons (Fsp3) is 0.125. The Morgan fingerprint density at radius 3 is 2.83 bits per heavy atom. The molecule has 2 aromatic rings. The molecule has 0 saturated carbocycles. The minimum Gasteiger partial charge on any atom is -0.487 e. The minimum atomic E-state index is 0.609. The molecule has 0 aliphatic rings. The molecule has 0 radical (unpaired) electrons.